The van der Waals surface area contributed by atoms with Crippen molar-refractivity contribution in [3.63, 3.8) is 0 Å². The minimum Gasteiger partial charge on any atom is -0.338 e. The summed E-state index contributed by atoms with van der Waals surface area (Å²) in [6.45, 7) is 4.95. The predicted octanol–water partition coefficient (Wildman–Crippen LogP) is 3.44. The molecule has 0 saturated heterocycles. The van der Waals surface area contributed by atoms with Gasteiger partial charge in [-0.1, -0.05) is 33.1 Å². The van der Waals surface area contributed by atoms with Gasteiger partial charge in [0.1, 0.15) is 0 Å². The molecule has 0 aliphatic heterocycles. The van der Waals surface area contributed by atoms with Crippen LogP contribution >= 0.6 is 11.3 Å². The molecule has 2 N–H and O–H groups in total. The number of amides is 2. The van der Waals surface area contributed by atoms with Gasteiger partial charge >= 0.3 is 6.03 Å². The second-order valence-corrected chi connectivity index (χ2v) is 6.75. The molecular formula is C15H25N3OS. The Morgan fingerprint density at radius 1 is 1.40 bits per heavy atom. The van der Waals surface area contributed by atoms with Crippen molar-refractivity contribution in [1.82, 2.24) is 15.6 Å². The summed E-state index contributed by atoms with van der Waals surface area (Å²) in [4.78, 5) is 16.3. The standard InChI is InChI=1S/C15H25N3OS/c1-11(2)13-10-20-14(18-13)8-9-16-15(19)17-12-6-4-3-5-7-12/h10-12H,3-9H2,1-2H3,(H2,16,17,19). The van der Waals surface area contributed by atoms with Crippen molar-refractivity contribution in [3.8, 4) is 0 Å². The third kappa shape index (κ3) is 4.78. The molecule has 0 aromatic carbocycles. The smallest absolute Gasteiger partial charge is 0.315 e. The van der Waals surface area contributed by atoms with Gasteiger partial charge in [0.05, 0.1) is 10.7 Å². The van der Waals surface area contributed by atoms with Crippen LogP contribution in [0, 0.1) is 0 Å². The SMILES string of the molecule is CC(C)c1csc(CCNC(=O)NC2CCCCC2)n1. The number of urea groups is 1. The summed E-state index contributed by atoms with van der Waals surface area (Å²) in [5.41, 5.74) is 1.15. The van der Waals surface area contributed by atoms with Crippen molar-refractivity contribution >= 4 is 17.4 Å². The number of nitrogens with one attached hydrogen (secondary N) is 2. The average Bonchev–Trinajstić information content (AvgIpc) is 2.89. The van der Waals surface area contributed by atoms with Crippen LogP contribution in [-0.4, -0.2) is 23.6 Å². The number of rotatable bonds is 5. The fourth-order valence-corrected chi connectivity index (χ4v) is 3.43. The van der Waals surface area contributed by atoms with E-state index < -0.39 is 0 Å². The number of nitrogens with zero attached hydrogens (tertiary/aromatic N) is 1. The number of hydrogen-bond acceptors (Lipinski definition) is 3. The van der Waals surface area contributed by atoms with Crippen LogP contribution in [0.25, 0.3) is 0 Å². The Balaban J connectivity index is 1.65. The molecule has 1 saturated carbocycles. The molecule has 1 aliphatic rings. The van der Waals surface area contributed by atoms with Crippen molar-refractivity contribution in [1.29, 1.82) is 0 Å². The van der Waals surface area contributed by atoms with Crippen molar-refractivity contribution in [2.45, 2.75) is 64.3 Å². The highest BCUT2D eigenvalue weighted by Gasteiger charge is 2.15. The zero-order chi connectivity index (χ0) is 14.4. The highest BCUT2D eigenvalue weighted by atomic mass is 32.1. The third-order valence-electron chi connectivity index (χ3n) is 3.73. The molecule has 0 radical (unpaired) electrons. The molecule has 1 aliphatic carbocycles. The van der Waals surface area contributed by atoms with Gasteiger partial charge in [-0.25, -0.2) is 9.78 Å². The number of hydrogen-bond donors (Lipinski definition) is 2. The largest absolute Gasteiger partial charge is 0.338 e. The van der Waals surface area contributed by atoms with Gasteiger partial charge < -0.3 is 10.6 Å². The highest BCUT2D eigenvalue weighted by Crippen LogP contribution is 2.18. The predicted molar refractivity (Wildman–Crippen MR) is 83.3 cm³/mol. The molecule has 1 fully saturated rings. The number of carbonyl (C=O) groups excluding carboxylic acids is 1. The van der Waals surface area contributed by atoms with E-state index >= 15 is 0 Å². The molecule has 0 bridgehead atoms. The Bertz CT molecular complexity index is 425. The van der Waals surface area contributed by atoms with Gasteiger partial charge in [-0.15, -0.1) is 11.3 Å². The van der Waals surface area contributed by atoms with Crippen LogP contribution in [0.1, 0.15) is 62.6 Å². The summed E-state index contributed by atoms with van der Waals surface area (Å²) in [7, 11) is 0. The third-order valence-corrected chi connectivity index (χ3v) is 4.65. The molecule has 1 aromatic heterocycles. The Morgan fingerprint density at radius 3 is 2.80 bits per heavy atom. The first-order chi connectivity index (χ1) is 9.65. The Labute approximate surface area is 125 Å². The van der Waals surface area contributed by atoms with E-state index in [1.807, 2.05) is 0 Å². The van der Waals surface area contributed by atoms with Crippen molar-refractivity contribution in [2.24, 2.45) is 0 Å². The van der Waals surface area contributed by atoms with Crippen molar-refractivity contribution < 1.29 is 4.79 Å². The maximum absolute atomic E-state index is 11.8. The minimum absolute atomic E-state index is 0.0301. The van der Waals surface area contributed by atoms with E-state index in [2.05, 4.69) is 34.8 Å². The van der Waals surface area contributed by atoms with Crippen LogP contribution in [0.2, 0.25) is 0 Å². The van der Waals surface area contributed by atoms with Gasteiger partial charge in [-0.05, 0) is 18.8 Å². The summed E-state index contributed by atoms with van der Waals surface area (Å²) in [5, 5.41) is 9.21. The van der Waals surface area contributed by atoms with Crippen LogP contribution in [0.4, 0.5) is 4.79 Å². The monoisotopic (exact) mass is 295 g/mol. The van der Waals surface area contributed by atoms with E-state index in [0.717, 1.165) is 30.0 Å². The average molecular weight is 295 g/mol. The molecule has 5 heteroatoms. The molecule has 0 atom stereocenters. The van der Waals surface area contributed by atoms with Crippen LogP contribution in [-0.2, 0) is 6.42 Å². The highest BCUT2D eigenvalue weighted by molar-refractivity contribution is 7.09. The van der Waals surface area contributed by atoms with Crippen LogP contribution in [0.15, 0.2) is 5.38 Å². The minimum atomic E-state index is -0.0301. The van der Waals surface area contributed by atoms with Gasteiger partial charge in [0, 0.05) is 24.4 Å². The fraction of sp³-hybridized carbons (Fsp3) is 0.733. The lowest BCUT2D eigenvalue weighted by molar-refractivity contribution is 0.233. The molecule has 112 valence electrons. The van der Waals surface area contributed by atoms with E-state index in [1.165, 1.54) is 19.3 Å². The molecule has 2 rings (SSSR count). The second kappa shape index (κ2) is 7.62. The van der Waals surface area contributed by atoms with Gasteiger partial charge in [-0.3, -0.25) is 0 Å². The Kier molecular flexibility index (Phi) is 5.83. The van der Waals surface area contributed by atoms with E-state index in [-0.39, 0.29) is 6.03 Å². The molecule has 1 aromatic rings. The van der Waals surface area contributed by atoms with Crippen molar-refractivity contribution in [2.75, 3.05) is 6.54 Å². The summed E-state index contributed by atoms with van der Waals surface area (Å²) < 4.78 is 0. The van der Waals surface area contributed by atoms with Gasteiger partial charge in [0.25, 0.3) is 0 Å². The van der Waals surface area contributed by atoms with E-state index in [4.69, 9.17) is 0 Å². The van der Waals surface area contributed by atoms with Crippen LogP contribution in [0.5, 0.6) is 0 Å². The van der Waals surface area contributed by atoms with Gasteiger partial charge in [0.15, 0.2) is 0 Å². The molecule has 0 unspecified atom stereocenters. The quantitative estimate of drug-likeness (QED) is 0.874. The first-order valence-electron chi connectivity index (χ1n) is 7.64. The molecule has 2 amide bonds. The number of aromatic nitrogens is 1. The number of thiazole rings is 1. The van der Waals surface area contributed by atoms with Crippen LogP contribution in [0.3, 0.4) is 0 Å². The molecule has 20 heavy (non-hydrogen) atoms. The van der Waals surface area contributed by atoms with E-state index in [1.54, 1.807) is 11.3 Å². The first kappa shape index (κ1) is 15.3. The molecule has 4 nitrogen and oxygen atoms in total. The lowest BCUT2D eigenvalue weighted by atomic mass is 9.96. The zero-order valence-electron chi connectivity index (χ0n) is 12.4. The summed E-state index contributed by atoms with van der Waals surface area (Å²) in [6, 6.07) is 0.341. The lowest BCUT2D eigenvalue weighted by Crippen LogP contribution is -2.43. The summed E-state index contributed by atoms with van der Waals surface area (Å²) >= 11 is 1.68. The van der Waals surface area contributed by atoms with E-state index in [9.17, 15) is 4.79 Å². The normalized spacial score (nSPS) is 16.4. The molecule has 0 spiro atoms. The van der Waals surface area contributed by atoms with Gasteiger partial charge in [0.2, 0.25) is 0 Å². The second-order valence-electron chi connectivity index (χ2n) is 5.81. The summed E-state index contributed by atoms with van der Waals surface area (Å²) in [5.74, 6) is 0.475. The summed E-state index contributed by atoms with van der Waals surface area (Å²) in [6.07, 6.45) is 6.84. The topological polar surface area (TPSA) is 54.0 Å². The van der Waals surface area contributed by atoms with Crippen LogP contribution < -0.4 is 10.6 Å². The fourth-order valence-electron chi connectivity index (χ4n) is 2.47. The van der Waals surface area contributed by atoms with Crippen molar-refractivity contribution in [3.05, 3.63) is 16.1 Å². The number of carbonyl (C=O) groups is 1. The molecule has 1 heterocycles. The maximum atomic E-state index is 11.8. The zero-order valence-corrected chi connectivity index (χ0v) is 13.3. The van der Waals surface area contributed by atoms with Gasteiger partial charge in [-0.2, -0.15) is 0 Å². The maximum Gasteiger partial charge on any atom is 0.315 e. The lowest BCUT2D eigenvalue weighted by Gasteiger charge is -2.22. The Morgan fingerprint density at radius 2 is 2.15 bits per heavy atom. The molecular weight excluding hydrogens is 270 g/mol. The van der Waals surface area contributed by atoms with E-state index in [0.29, 0.717) is 18.5 Å². The Hall–Kier alpha value is -1.10. The first-order valence-corrected chi connectivity index (χ1v) is 8.52.